The van der Waals surface area contributed by atoms with Gasteiger partial charge in [-0.3, -0.25) is 4.79 Å². The monoisotopic (exact) mass is 268 g/mol. The fourth-order valence-corrected chi connectivity index (χ4v) is 3.45. The summed E-state index contributed by atoms with van der Waals surface area (Å²) in [6.07, 6.45) is 4.77. The molecule has 4 atom stereocenters. The number of fused-ring (bicyclic) bond motifs is 1. The first-order chi connectivity index (χ1) is 8.93. The molecule has 0 spiro atoms. The van der Waals surface area contributed by atoms with Gasteiger partial charge in [-0.25, -0.2) is 4.79 Å². The van der Waals surface area contributed by atoms with Gasteiger partial charge in [0.1, 0.15) is 6.04 Å². The predicted molar refractivity (Wildman–Crippen MR) is 71.4 cm³/mol. The number of hydrogen-bond acceptors (Lipinski definition) is 3. The smallest absolute Gasteiger partial charge is 0.326 e. The second-order valence-corrected chi connectivity index (χ2v) is 6.22. The summed E-state index contributed by atoms with van der Waals surface area (Å²) in [5, 5.41) is 9.37. The number of amides is 1. The van der Waals surface area contributed by atoms with E-state index in [4.69, 9.17) is 5.73 Å². The van der Waals surface area contributed by atoms with Crippen LogP contribution in [0.15, 0.2) is 0 Å². The van der Waals surface area contributed by atoms with Crippen LogP contribution in [0.4, 0.5) is 0 Å². The second-order valence-electron chi connectivity index (χ2n) is 6.22. The number of carboxylic acids is 1. The van der Waals surface area contributed by atoms with E-state index in [2.05, 4.69) is 0 Å². The quantitative estimate of drug-likeness (QED) is 0.806. The van der Waals surface area contributed by atoms with Gasteiger partial charge in [-0.1, -0.05) is 26.7 Å². The average molecular weight is 268 g/mol. The molecule has 3 N–H and O–H groups in total. The third-order valence-electron chi connectivity index (χ3n) is 4.63. The fourth-order valence-electron chi connectivity index (χ4n) is 3.45. The van der Waals surface area contributed by atoms with Crippen LogP contribution >= 0.6 is 0 Å². The van der Waals surface area contributed by atoms with E-state index in [-0.39, 0.29) is 17.9 Å². The number of carboxylic acid groups (broad SMARTS) is 1. The molecule has 19 heavy (non-hydrogen) atoms. The Hall–Kier alpha value is -1.10. The molecule has 0 aromatic rings. The van der Waals surface area contributed by atoms with Crippen LogP contribution in [0.1, 0.15) is 46.0 Å². The van der Waals surface area contributed by atoms with E-state index in [1.807, 2.05) is 13.8 Å². The maximum absolute atomic E-state index is 12.5. The number of nitrogens with zero attached hydrogens (tertiary/aromatic N) is 1. The Morgan fingerprint density at radius 3 is 2.47 bits per heavy atom. The topological polar surface area (TPSA) is 83.6 Å². The lowest BCUT2D eigenvalue weighted by molar-refractivity contribution is -0.150. The Morgan fingerprint density at radius 1 is 1.26 bits per heavy atom. The van der Waals surface area contributed by atoms with Crippen molar-refractivity contribution >= 4 is 11.9 Å². The molecule has 108 valence electrons. The number of likely N-dealkylation sites (tertiary alicyclic amines) is 1. The molecule has 2 aliphatic rings. The average Bonchev–Trinajstić information content (AvgIpc) is 2.76. The van der Waals surface area contributed by atoms with Crippen LogP contribution in [0.5, 0.6) is 0 Å². The van der Waals surface area contributed by atoms with Gasteiger partial charge >= 0.3 is 5.97 Å². The van der Waals surface area contributed by atoms with Gasteiger partial charge in [0.2, 0.25) is 5.91 Å². The van der Waals surface area contributed by atoms with Gasteiger partial charge in [-0.05, 0) is 31.1 Å². The maximum Gasteiger partial charge on any atom is 0.326 e. The van der Waals surface area contributed by atoms with Crippen molar-refractivity contribution in [3.05, 3.63) is 0 Å². The highest BCUT2D eigenvalue weighted by molar-refractivity contribution is 5.88. The Kier molecular flexibility index (Phi) is 4.13. The Labute approximate surface area is 114 Å². The number of hydrogen-bond donors (Lipinski definition) is 2. The van der Waals surface area contributed by atoms with Crippen molar-refractivity contribution in [1.29, 1.82) is 0 Å². The molecule has 1 aliphatic carbocycles. The zero-order valence-corrected chi connectivity index (χ0v) is 11.7. The summed E-state index contributed by atoms with van der Waals surface area (Å²) >= 11 is 0. The molecule has 1 amide bonds. The normalized spacial score (nSPS) is 32.2. The van der Waals surface area contributed by atoms with Gasteiger partial charge in [0.05, 0.1) is 6.04 Å². The lowest BCUT2D eigenvalue weighted by atomic mass is 9.84. The van der Waals surface area contributed by atoms with Crippen LogP contribution in [-0.4, -0.2) is 40.0 Å². The molecule has 5 heteroatoms. The van der Waals surface area contributed by atoms with Gasteiger partial charge in [0, 0.05) is 6.04 Å². The van der Waals surface area contributed by atoms with Crippen LogP contribution in [0.3, 0.4) is 0 Å². The summed E-state index contributed by atoms with van der Waals surface area (Å²) in [6.45, 7) is 3.79. The summed E-state index contributed by atoms with van der Waals surface area (Å²) < 4.78 is 0. The number of rotatable bonds is 3. The molecule has 0 aromatic heterocycles. The van der Waals surface area contributed by atoms with Crippen molar-refractivity contribution in [3.63, 3.8) is 0 Å². The molecule has 0 radical (unpaired) electrons. The molecular weight excluding hydrogens is 244 g/mol. The standard InChI is InChI=1S/C14H24N2O3/c1-8(2)12(15)13(17)16-10-6-4-3-5-9(10)7-11(16)14(18)19/h8-12H,3-7,15H2,1-2H3,(H,18,19)/t9?,10?,11?,12-/m0/s1. The Morgan fingerprint density at radius 2 is 1.89 bits per heavy atom. The highest BCUT2D eigenvalue weighted by atomic mass is 16.4. The minimum Gasteiger partial charge on any atom is -0.480 e. The van der Waals surface area contributed by atoms with E-state index in [9.17, 15) is 14.7 Å². The van der Waals surface area contributed by atoms with E-state index in [0.717, 1.165) is 25.7 Å². The van der Waals surface area contributed by atoms with E-state index >= 15 is 0 Å². The van der Waals surface area contributed by atoms with Gasteiger partial charge in [0.25, 0.3) is 0 Å². The largest absolute Gasteiger partial charge is 0.480 e. The molecule has 0 aromatic carbocycles. The first kappa shape index (κ1) is 14.3. The third kappa shape index (κ3) is 2.61. The van der Waals surface area contributed by atoms with Crippen LogP contribution in [-0.2, 0) is 9.59 Å². The van der Waals surface area contributed by atoms with E-state index in [1.54, 1.807) is 4.90 Å². The van der Waals surface area contributed by atoms with E-state index < -0.39 is 18.1 Å². The van der Waals surface area contributed by atoms with E-state index in [1.165, 1.54) is 0 Å². The van der Waals surface area contributed by atoms with Crippen molar-refractivity contribution in [2.75, 3.05) is 0 Å². The van der Waals surface area contributed by atoms with Crippen molar-refractivity contribution in [3.8, 4) is 0 Å². The summed E-state index contributed by atoms with van der Waals surface area (Å²) in [5.41, 5.74) is 5.94. The maximum atomic E-state index is 12.5. The molecule has 1 heterocycles. The number of carbonyl (C=O) groups is 2. The molecule has 3 unspecified atom stereocenters. The molecule has 2 fully saturated rings. The zero-order valence-electron chi connectivity index (χ0n) is 11.7. The lowest BCUT2D eigenvalue weighted by Crippen LogP contribution is -2.54. The third-order valence-corrected chi connectivity index (χ3v) is 4.63. The summed E-state index contributed by atoms with van der Waals surface area (Å²) in [6, 6.07) is -1.18. The lowest BCUT2D eigenvalue weighted by Gasteiger charge is -2.35. The van der Waals surface area contributed by atoms with Crippen LogP contribution in [0.25, 0.3) is 0 Å². The minimum atomic E-state index is -0.890. The SMILES string of the molecule is CC(C)[C@H](N)C(=O)N1C(C(=O)O)CC2CCCCC21. The van der Waals surface area contributed by atoms with Crippen LogP contribution < -0.4 is 5.73 Å². The predicted octanol–water partition coefficient (Wildman–Crippen LogP) is 1.21. The van der Waals surface area contributed by atoms with Crippen molar-refractivity contribution in [2.24, 2.45) is 17.6 Å². The summed E-state index contributed by atoms with van der Waals surface area (Å²) in [5.74, 6) is -0.696. The minimum absolute atomic E-state index is 0.0320. The molecule has 1 saturated carbocycles. The van der Waals surface area contributed by atoms with Gasteiger partial charge < -0.3 is 15.7 Å². The highest BCUT2D eigenvalue weighted by Crippen LogP contribution is 2.40. The number of nitrogens with two attached hydrogens (primary N) is 1. The zero-order chi connectivity index (χ0) is 14.2. The number of aliphatic carboxylic acids is 1. The molecular formula is C14H24N2O3. The van der Waals surface area contributed by atoms with Crippen molar-refractivity contribution in [2.45, 2.75) is 64.1 Å². The van der Waals surface area contributed by atoms with E-state index in [0.29, 0.717) is 12.3 Å². The molecule has 2 rings (SSSR count). The first-order valence-corrected chi connectivity index (χ1v) is 7.24. The summed E-state index contributed by atoms with van der Waals surface area (Å²) in [4.78, 5) is 25.5. The van der Waals surface area contributed by atoms with Crippen LogP contribution in [0, 0.1) is 11.8 Å². The summed E-state index contributed by atoms with van der Waals surface area (Å²) in [7, 11) is 0. The molecule has 5 nitrogen and oxygen atoms in total. The fraction of sp³-hybridized carbons (Fsp3) is 0.857. The second kappa shape index (κ2) is 5.49. The molecule has 1 aliphatic heterocycles. The van der Waals surface area contributed by atoms with Gasteiger partial charge in [0.15, 0.2) is 0 Å². The van der Waals surface area contributed by atoms with Gasteiger partial charge in [-0.2, -0.15) is 0 Å². The molecule has 0 bridgehead atoms. The van der Waals surface area contributed by atoms with Crippen LogP contribution in [0.2, 0.25) is 0 Å². The van der Waals surface area contributed by atoms with Crippen molar-refractivity contribution in [1.82, 2.24) is 4.90 Å². The molecule has 1 saturated heterocycles. The Bertz CT molecular complexity index is 370. The van der Waals surface area contributed by atoms with Crippen molar-refractivity contribution < 1.29 is 14.7 Å². The first-order valence-electron chi connectivity index (χ1n) is 7.24. The number of carbonyl (C=O) groups excluding carboxylic acids is 1. The Balaban J connectivity index is 2.22. The van der Waals surface area contributed by atoms with Gasteiger partial charge in [-0.15, -0.1) is 0 Å². The highest BCUT2D eigenvalue weighted by Gasteiger charge is 2.48.